The monoisotopic (exact) mass is 412 g/mol. The number of morpholine rings is 1. The molecule has 0 radical (unpaired) electrons. The first kappa shape index (κ1) is 20.1. The molecule has 146 valence electrons. The van der Waals surface area contributed by atoms with E-state index >= 15 is 0 Å². The van der Waals surface area contributed by atoms with Gasteiger partial charge >= 0.3 is 0 Å². The van der Waals surface area contributed by atoms with Crippen molar-refractivity contribution in [3.63, 3.8) is 0 Å². The molecule has 9 heteroatoms. The van der Waals surface area contributed by atoms with Crippen LogP contribution in [0.1, 0.15) is 6.42 Å². The molecule has 0 N–H and O–H groups in total. The zero-order valence-electron chi connectivity index (χ0n) is 14.7. The van der Waals surface area contributed by atoms with Crippen molar-refractivity contribution in [3.05, 3.63) is 48.4 Å². The Morgan fingerprint density at radius 2 is 1.89 bits per heavy atom. The highest BCUT2D eigenvalue weighted by atomic mass is 32.2. The fraction of sp³-hybridized carbons (Fsp3) is 0.389. The Kier molecular flexibility index (Phi) is 7.06. The van der Waals surface area contributed by atoms with E-state index in [4.69, 9.17) is 9.47 Å². The number of aromatic nitrogens is 1. The summed E-state index contributed by atoms with van der Waals surface area (Å²) >= 11 is 1.53. The predicted octanol–water partition coefficient (Wildman–Crippen LogP) is 2.80. The summed E-state index contributed by atoms with van der Waals surface area (Å²) in [5.41, 5.74) is 0. The minimum Gasteiger partial charge on any atom is -0.494 e. The lowest BCUT2D eigenvalue weighted by molar-refractivity contribution is 0.0730. The molecule has 27 heavy (non-hydrogen) atoms. The molecular weight excluding hydrogens is 391 g/mol. The highest BCUT2D eigenvalue weighted by Gasteiger charge is 2.26. The topological polar surface area (TPSA) is 68.7 Å². The molecule has 0 spiro atoms. The van der Waals surface area contributed by atoms with Crippen molar-refractivity contribution in [3.8, 4) is 5.75 Å². The summed E-state index contributed by atoms with van der Waals surface area (Å²) in [7, 11) is -3.51. The third-order valence-electron chi connectivity index (χ3n) is 3.94. The van der Waals surface area contributed by atoms with Gasteiger partial charge in [0, 0.05) is 25.0 Å². The largest absolute Gasteiger partial charge is 0.494 e. The number of ether oxygens (including phenoxy) is 2. The van der Waals surface area contributed by atoms with E-state index in [0.717, 1.165) is 17.2 Å². The maximum atomic E-state index is 12.8. The van der Waals surface area contributed by atoms with Gasteiger partial charge in [0.25, 0.3) is 0 Å². The van der Waals surface area contributed by atoms with E-state index in [-0.39, 0.29) is 10.7 Å². The van der Waals surface area contributed by atoms with Crippen molar-refractivity contribution in [2.45, 2.75) is 16.3 Å². The Hall–Kier alpha value is -1.68. The number of thioether (sulfide) groups is 1. The van der Waals surface area contributed by atoms with E-state index in [0.29, 0.717) is 38.7 Å². The third kappa shape index (κ3) is 5.65. The lowest BCUT2D eigenvalue weighted by Gasteiger charge is -2.25. The number of benzene rings is 1. The zero-order chi connectivity index (χ0) is 19.1. The van der Waals surface area contributed by atoms with Gasteiger partial charge < -0.3 is 9.47 Å². The summed E-state index contributed by atoms with van der Waals surface area (Å²) in [5.74, 6) is 1.13. The maximum Gasteiger partial charge on any atom is 0.244 e. The highest BCUT2D eigenvalue weighted by molar-refractivity contribution is 7.99. The van der Waals surface area contributed by atoms with Gasteiger partial charge in [-0.25, -0.2) is 17.8 Å². The summed E-state index contributed by atoms with van der Waals surface area (Å²) in [6.45, 7) is 2.09. The molecule has 1 aliphatic rings. The van der Waals surface area contributed by atoms with Crippen LogP contribution in [0.3, 0.4) is 0 Å². The SMILES string of the molecule is O=S(=O)(c1ccc(SCCCOc2ccc(F)cc2)nc1)N1CCOCC1. The summed E-state index contributed by atoms with van der Waals surface area (Å²) in [4.78, 5) is 4.45. The van der Waals surface area contributed by atoms with Gasteiger partial charge in [0.2, 0.25) is 10.0 Å². The fourth-order valence-corrected chi connectivity index (χ4v) is 4.61. The fourth-order valence-electron chi connectivity index (χ4n) is 2.50. The van der Waals surface area contributed by atoms with E-state index in [1.165, 1.54) is 34.4 Å². The Balaban J connectivity index is 1.44. The minimum absolute atomic E-state index is 0.202. The van der Waals surface area contributed by atoms with E-state index in [1.807, 2.05) is 0 Å². The van der Waals surface area contributed by atoms with Gasteiger partial charge in [-0.05, 0) is 42.8 Å². The molecule has 0 amide bonds. The summed E-state index contributed by atoms with van der Waals surface area (Å²) < 4.78 is 50.0. The first-order valence-electron chi connectivity index (χ1n) is 8.61. The second kappa shape index (κ2) is 9.50. The normalized spacial score (nSPS) is 15.6. The molecule has 0 atom stereocenters. The molecule has 1 aromatic heterocycles. The molecule has 2 aromatic rings. The van der Waals surface area contributed by atoms with E-state index in [2.05, 4.69) is 4.98 Å². The van der Waals surface area contributed by atoms with Crippen LogP contribution in [0.2, 0.25) is 0 Å². The molecule has 3 rings (SSSR count). The van der Waals surface area contributed by atoms with Crippen LogP contribution in [-0.4, -0.2) is 56.4 Å². The third-order valence-corrected chi connectivity index (χ3v) is 6.85. The highest BCUT2D eigenvalue weighted by Crippen LogP contribution is 2.21. The Morgan fingerprint density at radius 3 is 2.56 bits per heavy atom. The Bertz CT molecular complexity index is 823. The first-order chi connectivity index (χ1) is 13.1. The minimum atomic E-state index is -3.51. The molecule has 0 unspecified atom stereocenters. The number of hydrogen-bond acceptors (Lipinski definition) is 6. The van der Waals surface area contributed by atoms with Gasteiger partial charge in [0.05, 0.1) is 24.8 Å². The lowest BCUT2D eigenvalue weighted by atomic mass is 10.3. The van der Waals surface area contributed by atoms with Crippen LogP contribution in [0.4, 0.5) is 4.39 Å². The maximum absolute atomic E-state index is 12.8. The van der Waals surface area contributed by atoms with Gasteiger partial charge in [-0.15, -0.1) is 11.8 Å². The average molecular weight is 413 g/mol. The Morgan fingerprint density at radius 1 is 1.15 bits per heavy atom. The molecule has 1 aromatic carbocycles. The number of pyridine rings is 1. The second-order valence-electron chi connectivity index (χ2n) is 5.85. The molecular formula is C18H21FN2O4S2. The van der Waals surface area contributed by atoms with Crippen LogP contribution in [-0.2, 0) is 14.8 Å². The van der Waals surface area contributed by atoms with Crippen molar-refractivity contribution in [1.82, 2.24) is 9.29 Å². The quantitative estimate of drug-likeness (QED) is 0.491. The van der Waals surface area contributed by atoms with Crippen LogP contribution in [0.5, 0.6) is 5.75 Å². The van der Waals surface area contributed by atoms with Crippen molar-refractivity contribution in [2.75, 3.05) is 38.7 Å². The van der Waals surface area contributed by atoms with Crippen molar-refractivity contribution < 1.29 is 22.3 Å². The van der Waals surface area contributed by atoms with E-state index in [1.54, 1.807) is 24.3 Å². The van der Waals surface area contributed by atoms with Gasteiger partial charge in [-0.3, -0.25) is 0 Å². The van der Waals surface area contributed by atoms with Crippen LogP contribution in [0.25, 0.3) is 0 Å². The second-order valence-corrected chi connectivity index (χ2v) is 8.91. The molecule has 1 fully saturated rings. The smallest absolute Gasteiger partial charge is 0.244 e. The van der Waals surface area contributed by atoms with Crippen LogP contribution < -0.4 is 4.74 Å². The van der Waals surface area contributed by atoms with Crippen molar-refractivity contribution in [1.29, 1.82) is 0 Å². The molecule has 0 bridgehead atoms. The molecule has 6 nitrogen and oxygen atoms in total. The van der Waals surface area contributed by atoms with Crippen LogP contribution in [0, 0.1) is 5.82 Å². The molecule has 0 aliphatic carbocycles. The lowest BCUT2D eigenvalue weighted by Crippen LogP contribution is -2.40. The zero-order valence-corrected chi connectivity index (χ0v) is 16.3. The number of hydrogen-bond donors (Lipinski definition) is 0. The summed E-state index contributed by atoms with van der Waals surface area (Å²) in [6, 6.07) is 9.23. The van der Waals surface area contributed by atoms with E-state index < -0.39 is 10.0 Å². The van der Waals surface area contributed by atoms with Gasteiger partial charge in [-0.2, -0.15) is 4.31 Å². The van der Waals surface area contributed by atoms with Gasteiger partial charge in [0.15, 0.2) is 0 Å². The van der Waals surface area contributed by atoms with E-state index in [9.17, 15) is 12.8 Å². The average Bonchev–Trinajstić information content (AvgIpc) is 2.70. The number of nitrogens with zero attached hydrogens (tertiary/aromatic N) is 2. The first-order valence-corrected chi connectivity index (χ1v) is 11.0. The predicted molar refractivity (Wildman–Crippen MR) is 101 cm³/mol. The Labute approximate surface area is 162 Å². The summed E-state index contributed by atoms with van der Waals surface area (Å²) in [6.07, 6.45) is 2.19. The van der Waals surface area contributed by atoms with Crippen molar-refractivity contribution in [2.24, 2.45) is 0 Å². The molecule has 0 saturated carbocycles. The molecule has 2 heterocycles. The number of sulfonamides is 1. The number of halogens is 1. The molecule has 1 aliphatic heterocycles. The van der Waals surface area contributed by atoms with Gasteiger partial charge in [0.1, 0.15) is 16.5 Å². The number of rotatable bonds is 8. The summed E-state index contributed by atoms with van der Waals surface area (Å²) in [5, 5.41) is 0.762. The van der Waals surface area contributed by atoms with Gasteiger partial charge in [-0.1, -0.05) is 0 Å². The standard InChI is InChI=1S/C18H21FN2O4S2/c19-15-2-4-16(5-3-15)25-10-1-13-26-18-7-6-17(14-20-18)27(22,23)21-8-11-24-12-9-21/h2-7,14H,1,8-13H2. The molecule has 1 saturated heterocycles. The van der Waals surface area contributed by atoms with Crippen LogP contribution in [0.15, 0.2) is 52.5 Å². The van der Waals surface area contributed by atoms with Crippen molar-refractivity contribution >= 4 is 21.8 Å². The van der Waals surface area contributed by atoms with Crippen LogP contribution >= 0.6 is 11.8 Å².